The maximum absolute atomic E-state index is 11.3. The molecule has 0 aliphatic rings. The van der Waals surface area contributed by atoms with Gasteiger partial charge in [-0.05, 0) is 42.2 Å². The molecule has 0 spiro atoms. The quantitative estimate of drug-likeness (QED) is 0.468. The van der Waals surface area contributed by atoms with E-state index in [4.69, 9.17) is 4.74 Å². The molecule has 2 nitrogen and oxygen atoms in total. The third-order valence-corrected chi connectivity index (χ3v) is 3.20. The van der Waals surface area contributed by atoms with Gasteiger partial charge in [0, 0.05) is 6.08 Å². The van der Waals surface area contributed by atoms with Crippen LogP contribution in [0.1, 0.15) is 11.1 Å². The van der Waals surface area contributed by atoms with Gasteiger partial charge in [-0.15, -0.1) is 0 Å². The van der Waals surface area contributed by atoms with E-state index in [1.165, 1.54) is 6.08 Å². The molecule has 96 valence electrons. The van der Waals surface area contributed by atoms with Crippen LogP contribution in [0.4, 0.5) is 0 Å². The molecule has 0 aliphatic heterocycles. The molecule has 0 saturated heterocycles. The maximum Gasteiger partial charge on any atom is 0.335 e. The lowest BCUT2D eigenvalue weighted by atomic mass is 9.96. The summed E-state index contributed by atoms with van der Waals surface area (Å²) in [5.41, 5.74) is 4.39. The molecule has 0 aliphatic carbocycles. The Morgan fingerprint density at radius 1 is 1.05 bits per heavy atom. The Hall–Kier alpha value is -2.35. The van der Waals surface area contributed by atoms with Crippen molar-refractivity contribution >= 4 is 5.97 Å². The van der Waals surface area contributed by atoms with Crippen molar-refractivity contribution in [2.45, 2.75) is 13.8 Å². The third kappa shape index (κ3) is 2.74. The average Bonchev–Trinajstić information content (AvgIpc) is 2.45. The van der Waals surface area contributed by atoms with Gasteiger partial charge in [0.05, 0.1) is 0 Å². The van der Waals surface area contributed by atoms with Crippen LogP contribution in [-0.2, 0) is 4.79 Å². The van der Waals surface area contributed by atoms with E-state index in [1.807, 2.05) is 44.2 Å². The second kappa shape index (κ2) is 5.53. The van der Waals surface area contributed by atoms with E-state index < -0.39 is 5.97 Å². The van der Waals surface area contributed by atoms with Gasteiger partial charge >= 0.3 is 5.97 Å². The molecule has 0 bridgehead atoms. The van der Waals surface area contributed by atoms with Crippen molar-refractivity contribution in [2.24, 2.45) is 0 Å². The number of rotatable bonds is 3. The molecule has 0 aromatic heterocycles. The molecule has 0 heterocycles. The zero-order chi connectivity index (χ0) is 13.8. The molecule has 0 N–H and O–H groups in total. The Morgan fingerprint density at radius 2 is 1.74 bits per heavy atom. The number of carbonyl (C=O) groups is 1. The van der Waals surface area contributed by atoms with E-state index in [-0.39, 0.29) is 0 Å². The molecule has 0 saturated carbocycles. The highest BCUT2D eigenvalue weighted by molar-refractivity contribution is 5.84. The van der Waals surface area contributed by atoms with Crippen LogP contribution in [-0.4, -0.2) is 5.97 Å². The number of benzene rings is 2. The highest BCUT2D eigenvalue weighted by atomic mass is 16.5. The van der Waals surface area contributed by atoms with Gasteiger partial charge in [-0.3, -0.25) is 0 Å². The molecule has 0 atom stereocenters. The van der Waals surface area contributed by atoms with Gasteiger partial charge < -0.3 is 4.74 Å². The van der Waals surface area contributed by atoms with E-state index in [0.717, 1.165) is 22.3 Å². The van der Waals surface area contributed by atoms with E-state index >= 15 is 0 Å². The lowest BCUT2D eigenvalue weighted by Crippen LogP contribution is -2.05. The summed E-state index contributed by atoms with van der Waals surface area (Å²) in [7, 11) is 0. The van der Waals surface area contributed by atoms with Crippen molar-refractivity contribution in [2.75, 3.05) is 0 Å². The van der Waals surface area contributed by atoms with E-state index in [2.05, 4.69) is 18.7 Å². The minimum absolute atomic E-state index is 0.435. The van der Waals surface area contributed by atoms with Gasteiger partial charge in [0.25, 0.3) is 0 Å². The Labute approximate surface area is 113 Å². The number of esters is 1. The lowest BCUT2D eigenvalue weighted by Gasteiger charge is -2.13. The molecule has 2 aromatic rings. The first-order valence-corrected chi connectivity index (χ1v) is 6.13. The third-order valence-electron chi connectivity index (χ3n) is 3.20. The van der Waals surface area contributed by atoms with Gasteiger partial charge in [0.15, 0.2) is 0 Å². The fourth-order valence-corrected chi connectivity index (χ4v) is 1.99. The molecular weight excluding hydrogens is 236 g/mol. The predicted octanol–water partition coefficient (Wildman–Crippen LogP) is 4.06. The largest absolute Gasteiger partial charge is 0.423 e. The van der Waals surface area contributed by atoms with Crippen LogP contribution in [0.25, 0.3) is 11.1 Å². The Balaban J connectivity index is 2.43. The van der Waals surface area contributed by atoms with Crippen LogP contribution in [0.2, 0.25) is 0 Å². The summed E-state index contributed by atoms with van der Waals surface area (Å²) in [6.07, 6.45) is 1.17. The number of ether oxygens (including phenoxy) is 1. The highest BCUT2D eigenvalue weighted by Gasteiger charge is 2.10. The van der Waals surface area contributed by atoms with Crippen molar-refractivity contribution in [3.8, 4) is 16.9 Å². The average molecular weight is 252 g/mol. The minimum atomic E-state index is -0.435. The summed E-state index contributed by atoms with van der Waals surface area (Å²) in [4.78, 5) is 11.3. The molecule has 0 amide bonds. The Kier molecular flexibility index (Phi) is 3.81. The first kappa shape index (κ1) is 13.1. The van der Waals surface area contributed by atoms with Gasteiger partial charge in [0.1, 0.15) is 5.75 Å². The zero-order valence-corrected chi connectivity index (χ0v) is 11.1. The Morgan fingerprint density at radius 3 is 2.37 bits per heavy atom. The predicted molar refractivity (Wildman–Crippen MR) is 77.2 cm³/mol. The van der Waals surface area contributed by atoms with Crippen molar-refractivity contribution < 1.29 is 9.53 Å². The van der Waals surface area contributed by atoms with Crippen molar-refractivity contribution in [3.05, 3.63) is 66.2 Å². The number of hydrogen-bond acceptors (Lipinski definition) is 2. The van der Waals surface area contributed by atoms with E-state index in [9.17, 15) is 4.79 Å². The minimum Gasteiger partial charge on any atom is -0.423 e. The number of hydrogen-bond donors (Lipinski definition) is 0. The van der Waals surface area contributed by atoms with Crippen molar-refractivity contribution in [3.63, 3.8) is 0 Å². The van der Waals surface area contributed by atoms with E-state index in [0.29, 0.717) is 5.75 Å². The second-order valence-corrected chi connectivity index (χ2v) is 4.35. The first-order chi connectivity index (χ1) is 9.13. The van der Waals surface area contributed by atoms with Crippen molar-refractivity contribution in [1.82, 2.24) is 0 Å². The molecule has 0 fully saturated rings. The van der Waals surface area contributed by atoms with Crippen LogP contribution >= 0.6 is 0 Å². The second-order valence-electron chi connectivity index (χ2n) is 4.35. The van der Waals surface area contributed by atoms with Crippen molar-refractivity contribution in [1.29, 1.82) is 0 Å². The van der Waals surface area contributed by atoms with Gasteiger partial charge in [-0.1, -0.05) is 43.0 Å². The summed E-state index contributed by atoms with van der Waals surface area (Å²) < 4.78 is 5.21. The zero-order valence-electron chi connectivity index (χ0n) is 11.1. The van der Waals surface area contributed by atoms with Gasteiger partial charge in [-0.2, -0.15) is 0 Å². The standard InChI is InChI=1S/C17H16O2/c1-4-17(18)19-16-11-10-15(12(2)13(16)3)14-8-6-5-7-9-14/h4-11H,1H2,2-3H3. The summed E-state index contributed by atoms with van der Waals surface area (Å²) in [5.74, 6) is 0.150. The Bertz CT molecular complexity index is 613. The lowest BCUT2D eigenvalue weighted by molar-refractivity contribution is -0.129. The fraction of sp³-hybridized carbons (Fsp3) is 0.118. The number of carbonyl (C=O) groups excluding carboxylic acids is 1. The highest BCUT2D eigenvalue weighted by Crippen LogP contribution is 2.31. The summed E-state index contributed by atoms with van der Waals surface area (Å²) in [6, 6.07) is 13.9. The van der Waals surface area contributed by atoms with Gasteiger partial charge in [-0.25, -0.2) is 4.79 Å². The smallest absolute Gasteiger partial charge is 0.335 e. The topological polar surface area (TPSA) is 26.3 Å². The molecule has 0 radical (unpaired) electrons. The van der Waals surface area contributed by atoms with Crippen LogP contribution in [0, 0.1) is 13.8 Å². The van der Waals surface area contributed by atoms with Gasteiger partial charge in [0.2, 0.25) is 0 Å². The molecule has 2 heteroatoms. The summed E-state index contributed by atoms with van der Waals surface area (Å²) in [6.45, 7) is 7.38. The monoisotopic (exact) mass is 252 g/mol. The SMILES string of the molecule is C=CC(=O)Oc1ccc(-c2ccccc2)c(C)c1C. The first-order valence-electron chi connectivity index (χ1n) is 6.13. The normalized spacial score (nSPS) is 10.0. The summed E-state index contributed by atoms with van der Waals surface area (Å²) >= 11 is 0. The molecule has 19 heavy (non-hydrogen) atoms. The molecule has 2 aromatic carbocycles. The van der Waals surface area contributed by atoms with E-state index in [1.54, 1.807) is 0 Å². The molecule has 0 unspecified atom stereocenters. The van der Waals surface area contributed by atoms with Crippen LogP contribution in [0.3, 0.4) is 0 Å². The van der Waals surface area contributed by atoms with Crippen LogP contribution < -0.4 is 4.74 Å². The molecular formula is C17H16O2. The molecule has 2 rings (SSSR count). The van der Waals surface area contributed by atoms with Crippen LogP contribution in [0.5, 0.6) is 5.75 Å². The maximum atomic E-state index is 11.3. The fourth-order valence-electron chi connectivity index (χ4n) is 1.99. The van der Waals surface area contributed by atoms with Crippen LogP contribution in [0.15, 0.2) is 55.1 Å². The summed E-state index contributed by atoms with van der Waals surface area (Å²) in [5, 5.41) is 0.